The summed E-state index contributed by atoms with van der Waals surface area (Å²) in [6, 6.07) is 0.183. The van der Waals surface area contributed by atoms with Gasteiger partial charge in [0.1, 0.15) is 5.54 Å². The van der Waals surface area contributed by atoms with Gasteiger partial charge in [-0.15, -0.1) is 0 Å². The van der Waals surface area contributed by atoms with Crippen molar-refractivity contribution in [3.05, 3.63) is 0 Å². The molecule has 1 heterocycles. The monoisotopic (exact) mass is 285 g/mol. The molecule has 1 unspecified atom stereocenters. The molecule has 0 amide bonds. The van der Waals surface area contributed by atoms with E-state index in [1.807, 2.05) is 13.8 Å². The molecule has 0 saturated carbocycles. The summed E-state index contributed by atoms with van der Waals surface area (Å²) in [6.45, 7) is 11.3. The number of nitrogens with one attached hydrogen (secondary N) is 1. The lowest BCUT2D eigenvalue weighted by Gasteiger charge is -2.30. The minimum Gasteiger partial charge on any atom is -0.480 e. The number of nitrogens with zero attached hydrogens (tertiary/aromatic N) is 2. The zero-order valence-electron chi connectivity index (χ0n) is 13.5. The molecule has 5 nitrogen and oxygen atoms in total. The molecule has 1 aliphatic rings. The SMILES string of the molecule is CC(C)NC(C)(CCCN1CCCN(C)CC1)C(=O)O. The molecule has 0 aliphatic carbocycles. The van der Waals surface area contributed by atoms with Gasteiger partial charge in [-0.2, -0.15) is 0 Å². The summed E-state index contributed by atoms with van der Waals surface area (Å²) in [5.74, 6) is -0.748. The summed E-state index contributed by atoms with van der Waals surface area (Å²) in [7, 11) is 2.16. The minimum atomic E-state index is -0.809. The van der Waals surface area contributed by atoms with Gasteiger partial charge >= 0.3 is 5.97 Å². The number of hydrogen-bond donors (Lipinski definition) is 2. The second-order valence-electron chi connectivity index (χ2n) is 6.54. The van der Waals surface area contributed by atoms with Crippen LogP contribution in [0.2, 0.25) is 0 Å². The first-order chi connectivity index (χ1) is 9.33. The Morgan fingerprint density at radius 3 is 2.60 bits per heavy atom. The zero-order valence-corrected chi connectivity index (χ0v) is 13.5. The van der Waals surface area contributed by atoms with Crippen LogP contribution in [0.15, 0.2) is 0 Å². The number of carboxylic acids is 1. The van der Waals surface area contributed by atoms with Crippen molar-refractivity contribution in [2.24, 2.45) is 0 Å². The Hall–Kier alpha value is -0.650. The largest absolute Gasteiger partial charge is 0.480 e. The normalized spacial score (nSPS) is 21.6. The lowest BCUT2D eigenvalue weighted by Crippen LogP contribution is -2.52. The number of carbonyl (C=O) groups is 1. The maximum atomic E-state index is 11.5. The van der Waals surface area contributed by atoms with Crippen LogP contribution in [-0.2, 0) is 4.79 Å². The molecule has 5 heteroatoms. The predicted octanol–water partition coefficient (Wildman–Crippen LogP) is 1.25. The molecular formula is C15H31N3O2. The Labute approximate surface area is 123 Å². The highest BCUT2D eigenvalue weighted by Gasteiger charge is 2.32. The van der Waals surface area contributed by atoms with Gasteiger partial charge in [0.2, 0.25) is 0 Å². The lowest BCUT2D eigenvalue weighted by atomic mass is 9.94. The van der Waals surface area contributed by atoms with E-state index in [-0.39, 0.29) is 6.04 Å². The quantitative estimate of drug-likeness (QED) is 0.737. The molecule has 0 aromatic rings. The number of carboxylic acid groups (broad SMARTS) is 1. The van der Waals surface area contributed by atoms with Crippen LogP contribution in [0.3, 0.4) is 0 Å². The van der Waals surface area contributed by atoms with Gasteiger partial charge in [-0.05, 0) is 66.7 Å². The molecular weight excluding hydrogens is 254 g/mol. The Morgan fingerprint density at radius 1 is 1.30 bits per heavy atom. The second kappa shape index (κ2) is 7.96. The highest BCUT2D eigenvalue weighted by molar-refractivity contribution is 5.78. The summed E-state index contributed by atoms with van der Waals surface area (Å²) in [6.07, 6.45) is 2.80. The van der Waals surface area contributed by atoms with Crippen molar-refractivity contribution in [2.45, 2.75) is 51.6 Å². The highest BCUT2D eigenvalue weighted by Crippen LogP contribution is 2.15. The average molecular weight is 285 g/mol. The summed E-state index contributed by atoms with van der Waals surface area (Å²) < 4.78 is 0. The molecule has 1 atom stereocenters. The molecule has 0 aromatic carbocycles. The van der Waals surface area contributed by atoms with E-state index in [2.05, 4.69) is 22.2 Å². The Balaban J connectivity index is 2.38. The standard InChI is InChI=1S/C15H31N3O2/c1-13(2)16-15(3,14(19)20)7-5-9-18-10-6-8-17(4)11-12-18/h13,16H,5-12H2,1-4H3,(H,19,20). The maximum Gasteiger partial charge on any atom is 0.323 e. The molecule has 0 aromatic heterocycles. The van der Waals surface area contributed by atoms with Crippen LogP contribution in [0.5, 0.6) is 0 Å². The second-order valence-corrected chi connectivity index (χ2v) is 6.54. The van der Waals surface area contributed by atoms with E-state index in [0.29, 0.717) is 6.42 Å². The molecule has 1 saturated heterocycles. The highest BCUT2D eigenvalue weighted by atomic mass is 16.4. The molecule has 0 spiro atoms. The fourth-order valence-corrected chi connectivity index (χ4v) is 2.86. The van der Waals surface area contributed by atoms with Crippen molar-refractivity contribution in [1.29, 1.82) is 0 Å². The smallest absolute Gasteiger partial charge is 0.323 e. The van der Waals surface area contributed by atoms with E-state index in [0.717, 1.165) is 39.1 Å². The van der Waals surface area contributed by atoms with Crippen LogP contribution in [0.4, 0.5) is 0 Å². The number of aliphatic carboxylic acids is 1. The van der Waals surface area contributed by atoms with E-state index in [4.69, 9.17) is 0 Å². The van der Waals surface area contributed by atoms with Gasteiger partial charge in [0.05, 0.1) is 0 Å². The van der Waals surface area contributed by atoms with Crippen LogP contribution in [-0.4, -0.2) is 72.2 Å². The van der Waals surface area contributed by atoms with E-state index in [1.165, 1.54) is 6.42 Å². The Kier molecular flexibility index (Phi) is 6.92. The summed E-state index contributed by atoms with van der Waals surface area (Å²) in [4.78, 5) is 16.3. The number of rotatable bonds is 7. The molecule has 1 rings (SSSR count). The van der Waals surface area contributed by atoms with Crippen molar-refractivity contribution in [1.82, 2.24) is 15.1 Å². The van der Waals surface area contributed by atoms with Crippen LogP contribution in [0.25, 0.3) is 0 Å². The Morgan fingerprint density at radius 2 is 2.00 bits per heavy atom. The van der Waals surface area contributed by atoms with Crippen molar-refractivity contribution < 1.29 is 9.90 Å². The fourth-order valence-electron chi connectivity index (χ4n) is 2.86. The molecule has 1 fully saturated rings. The maximum absolute atomic E-state index is 11.5. The third-order valence-corrected chi connectivity index (χ3v) is 4.04. The van der Waals surface area contributed by atoms with Gasteiger partial charge in [0.15, 0.2) is 0 Å². The third-order valence-electron chi connectivity index (χ3n) is 4.04. The van der Waals surface area contributed by atoms with Gasteiger partial charge in [0, 0.05) is 19.1 Å². The number of likely N-dealkylation sites (N-methyl/N-ethyl adjacent to an activating group) is 1. The van der Waals surface area contributed by atoms with Gasteiger partial charge < -0.3 is 14.9 Å². The summed E-state index contributed by atoms with van der Waals surface area (Å²) in [5, 5.41) is 12.6. The van der Waals surface area contributed by atoms with E-state index >= 15 is 0 Å². The van der Waals surface area contributed by atoms with Gasteiger partial charge in [-0.25, -0.2) is 0 Å². The zero-order chi connectivity index (χ0) is 15.2. The first-order valence-electron chi connectivity index (χ1n) is 7.75. The first-order valence-corrected chi connectivity index (χ1v) is 7.75. The minimum absolute atomic E-state index is 0.183. The summed E-state index contributed by atoms with van der Waals surface area (Å²) >= 11 is 0. The fraction of sp³-hybridized carbons (Fsp3) is 0.933. The molecule has 1 aliphatic heterocycles. The van der Waals surface area contributed by atoms with Crippen LogP contribution >= 0.6 is 0 Å². The molecule has 2 N–H and O–H groups in total. The Bertz CT molecular complexity index is 309. The van der Waals surface area contributed by atoms with Crippen LogP contribution in [0, 0.1) is 0 Å². The van der Waals surface area contributed by atoms with Crippen molar-refractivity contribution in [2.75, 3.05) is 39.8 Å². The van der Waals surface area contributed by atoms with Gasteiger partial charge in [0.25, 0.3) is 0 Å². The van der Waals surface area contributed by atoms with Crippen LogP contribution in [0.1, 0.15) is 40.0 Å². The predicted molar refractivity (Wildman–Crippen MR) is 82.1 cm³/mol. The van der Waals surface area contributed by atoms with E-state index in [1.54, 1.807) is 6.92 Å². The van der Waals surface area contributed by atoms with Gasteiger partial charge in [-0.1, -0.05) is 0 Å². The topological polar surface area (TPSA) is 55.8 Å². The molecule has 118 valence electrons. The third kappa shape index (κ3) is 5.77. The van der Waals surface area contributed by atoms with Crippen molar-refractivity contribution >= 4 is 5.97 Å². The molecule has 0 radical (unpaired) electrons. The van der Waals surface area contributed by atoms with Crippen molar-refractivity contribution in [3.63, 3.8) is 0 Å². The first kappa shape index (κ1) is 17.4. The van der Waals surface area contributed by atoms with E-state index in [9.17, 15) is 9.90 Å². The van der Waals surface area contributed by atoms with Crippen LogP contribution < -0.4 is 5.32 Å². The lowest BCUT2D eigenvalue weighted by molar-refractivity contribution is -0.144. The number of hydrogen-bond acceptors (Lipinski definition) is 4. The summed E-state index contributed by atoms with van der Waals surface area (Å²) in [5.41, 5.74) is -0.809. The average Bonchev–Trinajstić information content (AvgIpc) is 2.53. The molecule has 0 bridgehead atoms. The van der Waals surface area contributed by atoms with Crippen molar-refractivity contribution in [3.8, 4) is 0 Å². The molecule has 20 heavy (non-hydrogen) atoms. The van der Waals surface area contributed by atoms with E-state index < -0.39 is 11.5 Å². The van der Waals surface area contributed by atoms with Gasteiger partial charge in [-0.3, -0.25) is 10.1 Å².